The molecule has 0 radical (unpaired) electrons. The summed E-state index contributed by atoms with van der Waals surface area (Å²) in [5, 5.41) is 0. The van der Waals surface area contributed by atoms with Crippen LogP contribution in [-0.2, 0) is 6.42 Å². The Hall–Kier alpha value is -1.42. The van der Waals surface area contributed by atoms with Crippen molar-refractivity contribution in [2.24, 2.45) is 0 Å². The van der Waals surface area contributed by atoms with Gasteiger partial charge in [0.15, 0.2) is 6.29 Å². The number of nitrogens with zero attached hydrogens (tertiary/aromatic N) is 1. The van der Waals surface area contributed by atoms with Crippen molar-refractivity contribution >= 4 is 22.2 Å². The number of hydrogen-bond donors (Lipinski definition) is 1. The lowest BCUT2D eigenvalue weighted by atomic mass is 10.1. The molecule has 1 aromatic heterocycles. The van der Waals surface area contributed by atoms with Gasteiger partial charge in [-0.1, -0.05) is 28.1 Å². The third-order valence-electron chi connectivity index (χ3n) is 2.06. The van der Waals surface area contributed by atoms with Crippen molar-refractivity contribution in [3.63, 3.8) is 0 Å². The quantitative estimate of drug-likeness (QED) is 0.867. The SMILES string of the molecule is O=Cc1cnc(Cc2ccc(Br)cc2)[nH]1. The lowest BCUT2D eigenvalue weighted by Gasteiger charge is -1.98. The van der Waals surface area contributed by atoms with E-state index in [1.54, 1.807) is 6.20 Å². The van der Waals surface area contributed by atoms with E-state index in [-0.39, 0.29) is 0 Å². The maximum atomic E-state index is 10.4. The highest BCUT2D eigenvalue weighted by Gasteiger charge is 2.00. The van der Waals surface area contributed by atoms with Crippen molar-refractivity contribution in [3.05, 3.63) is 52.0 Å². The van der Waals surface area contributed by atoms with Crippen LogP contribution in [0.15, 0.2) is 34.9 Å². The number of hydrogen-bond acceptors (Lipinski definition) is 2. The number of benzene rings is 1. The largest absolute Gasteiger partial charge is 0.340 e. The average Bonchev–Trinajstić information content (AvgIpc) is 2.69. The van der Waals surface area contributed by atoms with Gasteiger partial charge < -0.3 is 4.98 Å². The molecule has 1 heterocycles. The summed E-state index contributed by atoms with van der Waals surface area (Å²) in [6, 6.07) is 8.01. The summed E-state index contributed by atoms with van der Waals surface area (Å²) < 4.78 is 1.05. The van der Waals surface area contributed by atoms with Crippen LogP contribution >= 0.6 is 15.9 Å². The van der Waals surface area contributed by atoms with Gasteiger partial charge >= 0.3 is 0 Å². The molecule has 0 aliphatic heterocycles. The molecule has 0 fully saturated rings. The summed E-state index contributed by atoms with van der Waals surface area (Å²) in [5.41, 5.74) is 1.67. The molecule has 0 aliphatic carbocycles. The minimum absolute atomic E-state index is 0.516. The number of imidazole rings is 1. The van der Waals surface area contributed by atoms with E-state index >= 15 is 0 Å². The molecule has 2 rings (SSSR count). The molecule has 1 aromatic carbocycles. The van der Waals surface area contributed by atoms with Gasteiger partial charge in [0.1, 0.15) is 5.82 Å². The molecule has 3 nitrogen and oxygen atoms in total. The van der Waals surface area contributed by atoms with Gasteiger partial charge in [0.05, 0.1) is 11.9 Å². The maximum Gasteiger partial charge on any atom is 0.167 e. The van der Waals surface area contributed by atoms with Gasteiger partial charge in [0, 0.05) is 10.9 Å². The van der Waals surface area contributed by atoms with Crippen LogP contribution in [0.4, 0.5) is 0 Å². The molecule has 0 aliphatic rings. The first kappa shape index (κ1) is 10.1. The van der Waals surface area contributed by atoms with E-state index in [0.717, 1.165) is 22.1 Å². The lowest BCUT2D eigenvalue weighted by Crippen LogP contribution is -1.90. The normalized spacial score (nSPS) is 10.2. The van der Waals surface area contributed by atoms with Crippen LogP contribution in [0.3, 0.4) is 0 Å². The van der Waals surface area contributed by atoms with Crippen LogP contribution in [0.5, 0.6) is 0 Å². The summed E-state index contributed by atoms with van der Waals surface area (Å²) in [6.45, 7) is 0. The van der Waals surface area contributed by atoms with Crippen molar-refractivity contribution in [2.45, 2.75) is 6.42 Å². The fraction of sp³-hybridized carbons (Fsp3) is 0.0909. The summed E-state index contributed by atoms with van der Waals surface area (Å²) in [5.74, 6) is 0.805. The number of rotatable bonds is 3. The summed E-state index contributed by atoms with van der Waals surface area (Å²) >= 11 is 3.38. The zero-order valence-electron chi connectivity index (χ0n) is 7.90. The van der Waals surface area contributed by atoms with Crippen LogP contribution in [0.1, 0.15) is 21.9 Å². The number of aldehydes is 1. The van der Waals surface area contributed by atoms with Gasteiger partial charge in [-0.2, -0.15) is 0 Å². The van der Waals surface area contributed by atoms with Crippen LogP contribution in [0, 0.1) is 0 Å². The molecule has 0 atom stereocenters. The van der Waals surface area contributed by atoms with Crippen molar-refractivity contribution in [1.29, 1.82) is 0 Å². The van der Waals surface area contributed by atoms with Gasteiger partial charge in [0.2, 0.25) is 0 Å². The molecule has 76 valence electrons. The molecule has 0 spiro atoms. The number of H-pyrrole nitrogens is 1. The van der Waals surface area contributed by atoms with Crippen molar-refractivity contribution in [3.8, 4) is 0 Å². The minimum Gasteiger partial charge on any atom is -0.340 e. The number of halogens is 1. The standard InChI is InChI=1S/C11H9BrN2O/c12-9-3-1-8(2-4-9)5-11-13-6-10(7-15)14-11/h1-4,6-7H,5H2,(H,13,14). The second kappa shape index (κ2) is 4.40. The molecule has 0 bridgehead atoms. The Balaban J connectivity index is 2.14. The monoisotopic (exact) mass is 264 g/mol. The van der Waals surface area contributed by atoms with Crippen LogP contribution < -0.4 is 0 Å². The summed E-state index contributed by atoms with van der Waals surface area (Å²) in [7, 11) is 0. The van der Waals surface area contributed by atoms with E-state index in [0.29, 0.717) is 12.1 Å². The predicted molar refractivity (Wildman–Crippen MR) is 60.9 cm³/mol. The van der Waals surface area contributed by atoms with E-state index in [4.69, 9.17) is 0 Å². The molecule has 2 aromatic rings. The number of carbonyl (C=O) groups is 1. The summed E-state index contributed by atoms with van der Waals surface area (Å²) in [4.78, 5) is 17.5. The lowest BCUT2D eigenvalue weighted by molar-refractivity contribution is 0.111. The number of carbonyl (C=O) groups excluding carboxylic acids is 1. The molecule has 0 unspecified atom stereocenters. The zero-order valence-corrected chi connectivity index (χ0v) is 9.49. The highest BCUT2D eigenvalue weighted by Crippen LogP contribution is 2.12. The van der Waals surface area contributed by atoms with E-state index in [1.807, 2.05) is 24.3 Å². The first-order valence-electron chi connectivity index (χ1n) is 4.51. The van der Waals surface area contributed by atoms with Crippen LogP contribution in [-0.4, -0.2) is 16.3 Å². The molecular weight excluding hydrogens is 256 g/mol. The molecule has 0 saturated heterocycles. The Morgan fingerprint density at radius 1 is 1.33 bits per heavy atom. The Morgan fingerprint density at radius 2 is 2.07 bits per heavy atom. The Kier molecular flexibility index (Phi) is 2.97. The Labute approximate surface area is 95.7 Å². The smallest absolute Gasteiger partial charge is 0.167 e. The second-order valence-corrected chi connectivity index (χ2v) is 4.12. The first-order valence-corrected chi connectivity index (χ1v) is 5.31. The fourth-order valence-electron chi connectivity index (χ4n) is 1.32. The number of aromatic nitrogens is 2. The van der Waals surface area contributed by atoms with Gasteiger partial charge in [-0.15, -0.1) is 0 Å². The molecule has 0 saturated carbocycles. The van der Waals surface area contributed by atoms with E-state index in [9.17, 15) is 4.79 Å². The third kappa shape index (κ3) is 2.53. The molecule has 0 amide bonds. The van der Waals surface area contributed by atoms with E-state index in [2.05, 4.69) is 25.9 Å². The first-order chi connectivity index (χ1) is 7.28. The minimum atomic E-state index is 0.516. The van der Waals surface area contributed by atoms with Crippen molar-refractivity contribution in [2.75, 3.05) is 0 Å². The molecule has 1 N–H and O–H groups in total. The predicted octanol–water partition coefficient (Wildman–Crippen LogP) is 2.58. The topological polar surface area (TPSA) is 45.8 Å². The summed E-state index contributed by atoms with van der Waals surface area (Å²) in [6.07, 6.45) is 3.01. The highest BCUT2D eigenvalue weighted by atomic mass is 79.9. The fourth-order valence-corrected chi connectivity index (χ4v) is 1.59. The second-order valence-electron chi connectivity index (χ2n) is 3.21. The van der Waals surface area contributed by atoms with Gasteiger partial charge in [-0.3, -0.25) is 4.79 Å². The Morgan fingerprint density at radius 3 is 2.67 bits per heavy atom. The molecular formula is C11H9BrN2O. The van der Waals surface area contributed by atoms with E-state index in [1.165, 1.54) is 0 Å². The number of nitrogens with one attached hydrogen (secondary N) is 1. The van der Waals surface area contributed by atoms with E-state index < -0.39 is 0 Å². The van der Waals surface area contributed by atoms with Gasteiger partial charge in [-0.05, 0) is 17.7 Å². The van der Waals surface area contributed by atoms with Gasteiger partial charge in [-0.25, -0.2) is 4.98 Å². The maximum absolute atomic E-state index is 10.4. The van der Waals surface area contributed by atoms with Crippen molar-refractivity contribution < 1.29 is 4.79 Å². The third-order valence-corrected chi connectivity index (χ3v) is 2.59. The molecule has 15 heavy (non-hydrogen) atoms. The zero-order chi connectivity index (χ0) is 10.7. The average molecular weight is 265 g/mol. The van der Waals surface area contributed by atoms with Crippen LogP contribution in [0.25, 0.3) is 0 Å². The van der Waals surface area contributed by atoms with Gasteiger partial charge in [0.25, 0.3) is 0 Å². The van der Waals surface area contributed by atoms with Crippen molar-refractivity contribution in [1.82, 2.24) is 9.97 Å². The Bertz CT molecular complexity index is 462. The number of aromatic amines is 1. The molecule has 4 heteroatoms. The van der Waals surface area contributed by atoms with Crippen LogP contribution in [0.2, 0.25) is 0 Å². The highest BCUT2D eigenvalue weighted by molar-refractivity contribution is 9.10.